The molecule has 1 fully saturated rings. The number of furan rings is 1. The van der Waals surface area contributed by atoms with Crippen LogP contribution < -0.4 is 5.32 Å². The van der Waals surface area contributed by atoms with Crippen LogP contribution in [0, 0.1) is 0 Å². The lowest BCUT2D eigenvalue weighted by Crippen LogP contribution is -2.58. The molecule has 0 bridgehead atoms. The van der Waals surface area contributed by atoms with Gasteiger partial charge in [0, 0.05) is 33.5 Å². The molecule has 7 nitrogen and oxygen atoms in total. The van der Waals surface area contributed by atoms with Gasteiger partial charge in [-0.05, 0) is 18.6 Å². The second-order valence-corrected chi connectivity index (χ2v) is 5.55. The van der Waals surface area contributed by atoms with Crippen LogP contribution >= 0.6 is 0 Å². The van der Waals surface area contributed by atoms with E-state index in [1.807, 2.05) is 0 Å². The van der Waals surface area contributed by atoms with Crippen molar-refractivity contribution >= 4 is 11.7 Å². The van der Waals surface area contributed by atoms with Crippen LogP contribution in [0.4, 0.5) is 0 Å². The zero-order valence-corrected chi connectivity index (χ0v) is 12.9. The Morgan fingerprint density at radius 3 is 2.68 bits per heavy atom. The molecule has 1 aliphatic rings. The summed E-state index contributed by atoms with van der Waals surface area (Å²) in [5, 5.41) is 13.4. The first-order valence-corrected chi connectivity index (χ1v) is 7.02. The highest BCUT2D eigenvalue weighted by molar-refractivity contribution is 5.91. The molecule has 7 heteroatoms. The normalized spacial score (nSPS) is 28.9. The number of ketones is 1. The van der Waals surface area contributed by atoms with Crippen molar-refractivity contribution in [3.05, 3.63) is 24.2 Å². The van der Waals surface area contributed by atoms with E-state index in [9.17, 15) is 14.7 Å². The topological polar surface area (TPSA) is 98.0 Å². The van der Waals surface area contributed by atoms with Crippen molar-refractivity contribution in [1.82, 2.24) is 5.32 Å². The molecule has 1 aromatic rings. The van der Waals surface area contributed by atoms with E-state index in [0.29, 0.717) is 5.76 Å². The van der Waals surface area contributed by atoms with Crippen LogP contribution in [0.5, 0.6) is 0 Å². The molecule has 1 amide bonds. The summed E-state index contributed by atoms with van der Waals surface area (Å²) in [6, 6.07) is 2.67. The Kier molecular flexibility index (Phi) is 5.00. The van der Waals surface area contributed by atoms with Gasteiger partial charge in [-0.15, -0.1) is 0 Å². The number of hydrogen-bond acceptors (Lipinski definition) is 6. The highest BCUT2D eigenvalue weighted by Gasteiger charge is 2.51. The van der Waals surface area contributed by atoms with Gasteiger partial charge in [0.05, 0.1) is 12.3 Å². The van der Waals surface area contributed by atoms with Crippen LogP contribution in [0.1, 0.15) is 31.4 Å². The van der Waals surface area contributed by atoms with Crippen LogP contribution in [0.3, 0.4) is 0 Å². The molecule has 0 spiro atoms. The fraction of sp³-hybridized carbons (Fsp3) is 0.600. The highest BCUT2D eigenvalue weighted by Crippen LogP contribution is 2.40. The Morgan fingerprint density at radius 2 is 2.18 bits per heavy atom. The number of carbonyl (C=O) groups excluding carboxylic acids is 2. The van der Waals surface area contributed by atoms with Gasteiger partial charge < -0.3 is 24.3 Å². The largest absolute Gasteiger partial charge is 0.469 e. The number of rotatable bonds is 5. The average molecular weight is 311 g/mol. The Bertz CT molecular complexity index is 524. The van der Waals surface area contributed by atoms with Gasteiger partial charge >= 0.3 is 0 Å². The summed E-state index contributed by atoms with van der Waals surface area (Å²) in [6.07, 6.45) is 0.556. The molecule has 1 saturated carbocycles. The summed E-state index contributed by atoms with van der Waals surface area (Å²) in [7, 11) is 2.80. The fourth-order valence-electron chi connectivity index (χ4n) is 3.09. The molecule has 1 aromatic heterocycles. The summed E-state index contributed by atoms with van der Waals surface area (Å²) in [5.41, 5.74) is -1.48. The molecule has 22 heavy (non-hydrogen) atoms. The third-order valence-electron chi connectivity index (χ3n) is 3.94. The summed E-state index contributed by atoms with van der Waals surface area (Å²) in [5.74, 6) is -0.561. The van der Waals surface area contributed by atoms with Gasteiger partial charge in [-0.1, -0.05) is 0 Å². The highest BCUT2D eigenvalue weighted by atomic mass is 16.7. The van der Waals surface area contributed by atoms with Crippen molar-refractivity contribution in [2.45, 2.75) is 43.6 Å². The Morgan fingerprint density at radius 1 is 1.50 bits per heavy atom. The van der Waals surface area contributed by atoms with Gasteiger partial charge in [0.1, 0.15) is 11.4 Å². The third-order valence-corrected chi connectivity index (χ3v) is 3.94. The van der Waals surface area contributed by atoms with Gasteiger partial charge in [-0.2, -0.15) is 0 Å². The Balaban J connectivity index is 2.34. The Hall–Kier alpha value is -1.70. The summed E-state index contributed by atoms with van der Waals surface area (Å²) in [6.45, 7) is 1.35. The van der Waals surface area contributed by atoms with E-state index in [2.05, 4.69) is 5.32 Å². The molecule has 122 valence electrons. The van der Waals surface area contributed by atoms with E-state index in [1.54, 1.807) is 12.1 Å². The molecule has 2 N–H and O–H groups in total. The van der Waals surface area contributed by atoms with Crippen LogP contribution in [0.15, 0.2) is 22.8 Å². The zero-order valence-electron chi connectivity index (χ0n) is 12.9. The van der Waals surface area contributed by atoms with Gasteiger partial charge in [0.2, 0.25) is 5.91 Å². The van der Waals surface area contributed by atoms with Crippen molar-refractivity contribution in [3.8, 4) is 0 Å². The van der Waals surface area contributed by atoms with Gasteiger partial charge in [0.15, 0.2) is 12.1 Å². The maximum Gasteiger partial charge on any atom is 0.217 e. The number of carbonyl (C=O) groups is 2. The van der Waals surface area contributed by atoms with Crippen LogP contribution in [0.25, 0.3) is 0 Å². The smallest absolute Gasteiger partial charge is 0.217 e. The number of aliphatic hydroxyl groups is 1. The van der Waals surface area contributed by atoms with E-state index in [1.165, 1.54) is 27.4 Å². The molecule has 0 unspecified atom stereocenters. The molecule has 0 saturated heterocycles. The molecular weight excluding hydrogens is 290 g/mol. The number of Topliss-reactive ketones (excluding diaryl/α,β-unsaturated/α-hetero) is 1. The monoisotopic (exact) mass is 311 g/mol. The minimum Gasteiger partial charge on any atom is -0.469 e. The molecule has 0 aromatic carbocycles. The third kappa shape index (κ3) is 3.21. The van der Waals surface area contributed by atoms with Crippen molar-refractivity contribution in [2.24, 2.45) is 0 Å². The fourth-order valence-corrected chi connectivity index (χ4v) is 3.09. The standard InChI is InChI=1S/C15H21NO6/c1-9(17)16-13-10(12-5-4-6-22-12)7-15(19,8-11(13)18)14(20-2)21-3/h4-6,10,13-14,19H,7-8H2,1-3H3,(H,16,17)/t10-,13-,15+/m1/s1. The lowest BCUT2D eigenvalue weighted by molar-refractivity contribution is -0.226. The SMILES string of the molecule is COC(OC)[C@@]1(O)CC(=O)[C@H](NC(C)=O)[C@@H](c2ccco2)C1. The lowest BCUT2D eigenvalue weighted by Gasteiger charge is -2.42. The molecule has 1 heterocycles. The first-order valence-electron chi connectivity index (χ1n) is 7.02. The molecular formula is C15H21NO6. The summed E-state index contributed by atoms with van der Waals surface area (Å²) < 4.78 is 15.6. The van der Waals surface area contributed by atoms with Gasteiger partial charge in [-0.3, -0.25) is 9.59 Å². The van der Waals surface area contributed by atoms with Crippen LogP contribution in [0.2, 0.25) is 0 Å². The van der Waals surface area contributed by atoms with Gasteiger partial charge in [0.25, 0.3) is 0 Å². The van der Waals surface area contributed by atoms with E-state index in [-0.39, 0.29) is 24.5 Å². The Labute approximate surface area is 128 Å². The first kappa shape index (κ1) is 16.7. The molecule has 0 radical (unpaired) electrons. The predicted molar refractivity (Wildman–Crippen MR) is 76.1 cm³/mol. The lowest BCUT2D eigenvalue weighted by atomic mass is 9.72. The van der Waals surface area contributed by atoms with Crippen molar-refractivity contribution in [2.75, 3.05) is 14.2 Å². The van der Waals surface area contributed by atoms with Crippen molar-refractivity contribution in [3.63, 3.8) is 0 Å². The van der Waals surface area contributed by atoms with Crippen LogP contribution in [-0.4, -0.2) is 48.9 Å². The summed E-state index contributed by atoms with van der Waals surface area (Å²) >= 11 is 0. The number of ether oxygens (including phenoxy) is 2. The average Bonchev–Trinajstić information content (AvgIpc) is 2.96. The number of hydrogen-bond donors (Lipinski definition) is 2. The predicted octanol–water partition coefficient (Wildman–Crippen LogP) is 0.581. The van der Waals surface area contributed by atoms with Crippen molar-refractivity contribution in [1.29, 1.82) is 0 Å². The number of amides is 1. The van der Waals surface area contributed by atoms with E-state index < -0.39 is 23.9 Å². The van der Waals surface area contributed by atoms with E-state index in [4.69, 9.17) is 13.9 Å². The first-order chi connectivity index (χ1) is 10.4. The number of nitrogens with one attached hydrogen (secondary N) is 1. The molecule has 0 aliphatic heterocycles. The summed E-state index contributed by atoms with van der Waals surface area (Å²) in [4.78, 5) is 23.8. The molecule has 2 rings (SSSR count). The second-order valence-electron chi connectivity index (χ2n) is 5.55. The quantitative estimate of drug-likeness (QED) is 0.772. The minimum absolute atomic E-state index is 0.165. The van der Waals surface area contributed by atoms with Gasteiger partial charge in [-0.25, -0.2) is 0 Å². The number of methoxy groups -OCH3 is 2. The van der Waals surface area contributed by atoms with E-state index >= 15 is 0 Å². The van der Waals surface area contributed by atoms with Crippen molar-refractivity contribution < 1.29 is 28.6 Å². The second kappa shape index (κ2) is 6.60. The molecule has 3 atom stereocenters. The maximum atomic E-state index is 12.5. The molecule has 1 aliphatic carbocycles. The minimum atomic E-state index is -1.48. The van der Waals surface area contributed by atoms with E-state index in [0.717, 1.165) is 0 Å². The zero-order chi connectivity index (χ0) is 16.3. The maximum absolute atomic E-state index is 12.5. The van der Waals surface area contributed by atoms with Crippen LogP contribution in [-0.2, 0) is 19.1 Å².